The largest absolute Gasteiger partial charge is 0.485 e. The summed E-state index contributed by atoms with van der Waals surface area (Å²) in [5, 5.41) is 0. The van der Waals surface area contributed by atoms with Gasteiger partial charge in [0.1, 0.15) is 6.61 Å². The van der Waals surface area contributed by atoms with Gasteiger partial charge in [-0.3, -0.25) is 4.79 Å². The van der Waals surface area contributed by atoms with Crippen LogP contribution in [0.25, 0.3) is 0 Å². The lowest BCUT2D eigenvalue weighted by molar-refractivity contribution is -0.142. The summed E-state index contributed by atoms with van der Waals surface area (Å²) in [4.78, 5) is 26.3. The van der Waals surface area contributed by atoms with Crippen molar-refractivity contribution >= 4 is 21.9 Å². The normalized spacial score (nSPS) is 18.8. The predicted molar refractivity (Wildman–Crippen MR) is 114 cm³/mol. The molecule has 1 unspecified atom stereocenters. The summed E-state index contributed by atoms with van der Waals surface area (Å²) in [6.45, 7) is 2.89. The van der Waals surface area contributed by atoms with Gasteiger partial charge in [-0.1, -0.05) is 12.1 Å². The van der Waals surface area contributed by atoms with Gasteiger partial charge < -0.3 is 19.1 Å². The zero-order valence-electron chi connectivity index (χ0n) is 17.6. The van der Waals surface area contributed by atoms with Crippen LogP contribution in [0.15, 0.2) is 53.4 Å². The van der Waals surface area contributed by atoms with Crippen molar-refractivity contribution < 1.29 is 32.2 Å². The van der Waals surface area contributed by atoms with Crippen molar-refractivity contribution in [3.8, 4) is 11.5 Å². The number of hydrogen-bond acceptors (Lipinski definition) is 7. The third-order valence-corrected chi connectivity index (χ3v) is 7.25. The summed E-state index contributed by atoms with van der Waals surface area (Å²) in [5.74, 6) is 0.390. The van der Waals surface area contributed by atoms with Gasteiger partial charge in [-0.05, 0) is 43.3 Å². The van der Waals surface area contributed by atoms with Crippen molar-refractivity contribution in [1.29, 1.82) is 0 Å². The molecule has 2 heterocycles. The summed E-state index contributed by atoms with van der Waals surface area (Å²) in [7, 11) is -3.74. The van der Waals surface area contributed by atoms with Gasteiger partial charge in [-0.25, -0.2) is 13.2 Å². The molecule has 1 saturated heterocycles. The highest BCUT2D eigenvalue weighted by atomic mass is 32.2. The summed E-state index contributed by atoms with van der Waals surface area (Å²) in [5.41, 5.74) is 0.289. The van der Waals surface area contributed by atoms with Gasteiger partial charge in [0.2, 0.25) is 16.1 Å². The number of amides is 1. The van der Waals surface area contributed by atoms with E-state index in [1.165, 1.54) is 28.6 Å². The Labute approximate surface area is 186 Å². The Morgan fingerprint density at radius 3 is 2.31 bits per heavy atom. The van der Waals surface area contributed by atoms with E-state index in [0.717, 1.165) is 0 Å². The van der Waals surface area contributed by atoms with Crippen LogP contribution in [-0.2, 0) is 19.6 Å². The number of sulfonamides is 1. The van der Waals surface area contributed by atoms with Gasteiger partial charge in [0.15, 0.2) is 11.5 Å². The van der Waals surface area contributed by atoms with Crippen molar-refractivity contribution in [2.24, 2.45) is 0 Å². The molecule has 1 fully saturated rings. The van der Waals surface area contributed by atoms with E-state index < -0.39 is 22.1 Å². The third kappa shape index (κ3) is 4.42. The van der Waals surface area contributed by atoms with E-state index in [1.54, 1.807) is 30.0 Å². The molecule has 2 aromatic carbocycles. The Hall–Kier alpha value is -3.11. The smallest absolute Gasteiger partial charge is 0.338 e. The Morgan fingerprint density at radius 2 is 1.66 bits per heavy atom. The fourth-order valence-electron chi connectivity index (χ4n) is 3.62. The molecule has 1 amide bonds. The molecule has 4 rings (SSSR count). The van der Waals surface area contributed by atoms with Crippen molar-refractivity contribution in [3.63, 3.8) is 0 Å². The molecule has 2 aliphatic heterocycles. The lowest BCUT2D eigenvalue weighted by Crippen LogP contribution is -2.55. The number of piperazine rings is 1. The van der Waals surface area contributed by atoms with E-state index >= 15 is 0 Å². The van der Waals surface area contributed by atoms with Crippen molar-refractivity contribution in [3.05, 3.63) is 54.1 Å². The number of esters is 1. The first-order chi connectivity index (χ1) is 15.4. The minimum Gasteiger partial charge on any atom is -0.485 e. The monoisotopic (exact) mass is 460 g/mol. The first-order valence-electron chi connectivity index (χ1n) is 10.3. The zero-order valence-corrected chi connectivity index (χ0v) is 18.4. The molecule has 0 saturated carbocycles. The molecule has 0 bridgehead atoms. The summed E-state index contributed by atoms with van der Waals surface area (Å²) >= 11 is 0. The average Bonchev–Trinajstić information content (AvgIpc) is 2.83. The van der Waals surface area contributed by atoms with Gasteiger partial charge in [-0.15, -0.1) is 0 Å². The summed E-state index contributed by atoms with van der Waals surface area (Å²) in [6.07, 6.45) is -0.761. The highest BCUT2D eigenvalue weighted by Gasteiger charge is 2.35. The topological polar surface area (TPSA) is 102 Å². The molecular weight excluding hydrogens is 436 g/mol. The number of fused-ring (bicyclic) bond motifs is 1. The molecule has 1 atom stereocenters. The van der Waals surface area contributed by atoms with Crippen LogP contribution < -0.4 is 9.47 Å². The predicted octanol–water partition coefficient (Wildman–Crippen LogP) is 1.54. The number of rotatable bonds is 5. The van der Waals surface area contributed by atoms with E-state index in [-0.39, 0.29) is 55.8 Å². The van der Waals surface area contributed by atoms with Crippen LogP contribution in [0.2, 0.25) is 0 Å². The third-order valence-electron chi connectivity index (χ3n) is 5.34. The molecule has 32 heavy (non-hydrogen) atoms. The molecular formula is C22H24N2O7S. The lowest BCUT2D eigenvalue weighted by Gasteiger charge is -2.36. The minimum atomic E-state index is -3.74. The first kappa shape index (κ1) is 22.1. The quantitative estimate of drug-likeness (QED) is 0.624. The molecule has 10 heteroatoms. The summed E-state index contributed by atoms with van der Waals surface area (Å²) in [6, 6.07) is 12.8. The van der Waals surface area contributed by atoms with Crippen LogP contribution in [0.4, 0.5) is 0 Å². The Kier molecular flexibility index (Phi) is 6.33. The molecule has 0 aromatic heterocycles. The van der Waals surface area contributed by atoms with Gasteiger partial charge in [-0.2, -0.15) is 4.31 Å². The van der Waals surface area contributed by atoms with Gasteiger partial charge in [0.25, 0.3) is 5.91 Å². The van der Waals surface area contributed by atoms with E-state index in [0.29, 0.717) is 11.5 Å². The second kappa shape index (κ2) is 9.17. The van der Waals surface area contributed by atoms with Crippen molar-refractivity contribution in [2.45, 2.75) is 17.9 Å². The zero-order chi connectivity index (χ0) is 22.7. The SMILES string of the molecule is CCOC(=O)c1ccc(S(=O)(=O)N2CCN(C(=O)C3COc4ccccc4O3)CC2)cc1. The standard InChI is InChI=1S/C22H24N2O7S/c1-2-29-22(26)16-7-9-17(10-8-16)32(27,28)24-13-11-23(12-14-24)21(25)20-15-30-18-5-3-4-6-19(18)31-20/h3-10,20H,2,11-15H2,1H3. The highest BCUT2D eigenvalue weighted by molar-refractivity contribution is 7.89. The Bertz CT molecular complexity index is 1090. The summed E-state index contributed by atoms with van der Waals surface area (Å²) < 4.78 is 43.6. The van der Waals surface area contributed by atoms with Crippen LogP contribution in [0.3, 0.4) is 0 Å². The van der Waals surface area contributed by atoms with Crippen molar-refractivity contribution in [2.75, 3.05) is 39.4 Å². The molecule has 0 N–H and O–H groups in total. The van der Waals surface area contributed by atoms with Crippen LogP contribution in [-0.4, -0.2) is 75.0 Å². The maximum atomic E-state index is 13.0. The molecule has 2 aliphatic rings. The number of ether oxygens (including phenoxy) is 3. The van der Waals surface area contributed by atoms with Crippen LogP contribution >= 0.6 is 0 Å². The number of benzene rings is 2. The second-order valence-electron chi connectivity index (χ2n) is 7.34. The van der Waals surface area contributed by atoms with Gasteiger partial charge >= 0.3 is 5.97 Å². The number of para-hydroxylation sites is 2. The number of carbonyl (C=O) groups is 2. The van der Waals surface area contributed by atoms with E-state index in [4.69, 9.17) is 14.2 Å². The second-order valence-corrected chi connectivity index (χ2v) is 9.28. The maximum absolute atomic E-state index is 13.0. The lowest BCUT2D eigenvalue weighted by atomic mass is 10.2. The van der Waals surface area contributed by atoms with Crippen LogP contribution in [0.5, 0.6) is 11.5 Å². The average molecular weight is 461 g/mol. The molecule has 0 aliphatic carbocycles. The number of carbonyl (C=O) groups excluding carboxylic acids is 2. The van der Waals surface area contributed by atoms with Crippen LogP contribution in [0.1, 0.15) is 17.3 Å². The maximum Gasteiger partial charge on any atom is 0.338 e. The van der Waals surface area contributed by atoms with E-state index in [9.17, 15) is 18.0 Å². The first-order valence-corrected chi connectivity index (χ1v) is 11.8. The Morgan fingerprint density at radius 1 is 1.00 bits per heavy atom. The molecule has 170 valence electrons. The van der Waals surface area contributed by atoms with E-state index in [2.05, 4.69) is 0 Å². The molecule has 0 spiro atoms. The van der Waals surface area contributed by atoms with E-state index in [1.807, 2.05) is 6.07 Å². The molecule has 2 aromatic rings. The van der Waals surface area contributed by atoms with Gasteiger partial charge in [0, 0.05) is 26.2 Å². The van der Waals surface area contributed by atoms with Crippen molar-refractivity contribution in [1.82, 2.24) is 9.21 Å². The highest BCUT2D eigenvalue weighted by Crippen LogP contribution is 2.31. The minimum absolute atomic E-state index is 0.0888. The Balaban J connectivity index is 1.37. The van der Waals surface area contributed by atoms with Crippen LogP contribution in [0, 0.1) is 0 Å². The molecule has 9 nitrogen and oxygen atoms in total. The number of hydrogen-bond donors (Lipinski definition) is 0. The van der Waals surface area contributed by atoms with Gasteiger partial charge in [0.05, 0.1) is 17.1 Å². The fraction of sp³-hybridized carbons (Fsp3) is 0.364. The number of nitrogens with zero attached hydrogens (tertiary/aromatic N) is 2. The fourth-order valence-corrected chi connectivity index (χ4v) is 5.04. The molecule has 0 radical (unpaired) electrons.